The van der Waals surface area contributed by atoms with E-state index >= 15 is 0 Å². The number of hydrogen-bond donors (Lipinski definition) is 0. The maximum atomic E-state index is 12.9. The van der Waals surface area contributed by atoms with Crippen molar-refractivity contribution < 1.29 is 19.1 Å². The molecule has 0 aromatic heterocycles. The molecule has 0 spiro atoms. The molecule has 3 rings (SSSR count). The number of methoxy groups -OCH3 is 2. The van der Waals surface area contributed by atoms with Gasteiger partial charge in [0.05, 0.1) is 20.6 Å². The number of amides is 1. The fourth-order valence-corrected chi connectivity index (χ4v) is 4.20. The van der Waals surface area contributed by atoms with Crippen molar-refractivity contribution in [3.05, 3.63) is 59.2 Å². The molecular formula is C26H33NO4. The Morgan fingerprint density at radius 2 is 1.68 bits per heavy atom. The predicted octanol–water partition coefficient (Wildman–Crippen LogP) is 4.57. The number of ketones is 1. The zero-order valence-electron chi connectivity index (χ0n) is 19.0. The van der Waals surface area contributed by atoms with Gasteiger partial charge >= 0.3 is 0 Å². The lowest BCUT2D eigenvalue weighted by Crippen LogP contribution is -2.41. The molecule has 1 heterocycles. The molecule has 0 bridgehead atoms. The highest BCUT2D eigenvalue weighted by atomic mass is 16.5. The summed E-state index contributed by atoms with van der Waals surface area (Å²) >= 11 is 0. The third kappa shape index (κ3) is 5.87. The summed E-state index contributed by atoms with van der Waals surface area (Å²) in [5, 5.41) is 0. The van der Waals surface area contributed by atoms with Crippen LogP contribution in [0.15, 0.2) is 42.5 Å². The quantitative estimate of drug-likeness (QED) is 0.584. The Balaban J connectivity index is 1.56. The van der Waals surface area contributed by atoms with Gasteiger partial charge in [0.25, 0.3) is 0 Å². The van der Waals surface area contributed by atoms with Crippen LogP contribution in [0, 0.1) is 11.8 Å². The zero-order chi connectivity index (χ0) is 22.4. The van der Waals surface area contributed by atoms with Gasteiger partial charge in [0.15, 0.2) is 5.78 Å². The molecule has 0 aliphatic carbocycles. The van der Waals surface area contributed by atoms with E-state index in [1.807, 2.05) is 35.2 Å². The van der Waals surface area contributed by atoms with Crippen molar-refractivity contribution in [1.29, 1.82) is 0 Å². The molecule has 2 aromatic carbocycles. The zero-order valence-corrected chi connectivity index (χ0v) is 19.0. The Kier molecular flexibility index (Phi) is 7.72. The van der Waals surface area contributed by atoms with Gasteiger partial charge in [0, 0.05) is 30.1 Å². The molecule has 1 amide bonds. The van der Waals surface area contributed by atoms with Gasteiger partial charge in [-0.2, -0.15) is 0 Å². The third-order valence-electron chi connectivity index (χ3n) is 5.93. The van der Waals surface area contributed by atoms with Gasteiger partial charge in [0.1, 0.15) is 11.5 Å². The fourth-order valence-electron chi connectivity index (χ4n) is 4.20. The standard InChI is InChI=1S/C26H33NO4/c1-18(2)15-19-5-7-20(8-6-19)26(29)21-11-13-27(14-12-21)25(28)17-22-16-23(30-3)9-10-24(22)31-4/h5-10,16,18,21H,11-15,17H2,1-4H3. The number of Topliss-reactive ketones (excluding diaryl/α,β-unsaturated/α-hetero) is 1. The van der Waals surface area contributed by atoms with Gasteiger partial charge in [-0.1, -0.05) is 38.1 Å². The first-order chi connectivity index (χ1) is 14.9. The number of carbonyl (C=O) groups excluding carboxylic acids is 2. The largest absolute Gasteiger partial charge is 0.497 e. The SMILES string of the molecule is COc1ccc(OC)c(CC(=O)N2CCC(C(=O)c3ccc(CC(C)C)cc3)CC2)c1. The summed E-state index contributed by atoms with van der Waals surface area (Å²) in [4.78, 5) is 27.6. The van der Waals surface area contributed by atoms with Gasteiger partial charge in [0.2, 0.25) is 5.91 Å². The van der Waals surface area contributed by atoms with Gasteiger partial charge in [-0.05, 0) is 48.9 Å². The van der Waals surface area contributed by atoms with Crippen LogP contribution < -0.4 is 9.47 Å². The van der Waals surface area contributed by atoms with Crippen molar-refractivity contribution in [3.8, 4) is 11.5 Å². The summed E-state index contributed by atoms with van der Waals surface area (Å²) in [5.41, 5.74) is 2.85. The Morgan fingerprint density at radius 1 is 1.00 bits per heavy atom. The molecule has 0 radical (unpaired) electrons. The van der Waals surface area contributed by atoms with Crippen LogP contribution >= 0.6 is 0 Å². The summed E-state index contributed by atoms with van der Waals surface area (Å²) in [5.74, 6) is 2.20. The van der Waals surface area contributed by atoms with Crippen molar-refractivity contribution >= 4 is 11.7 Å². The number of benzene rings is 2. The topological polar surface area (TPSA) is 55.8 Å². The van der Waals surface area contributed by atoms with Crippen molar-refractivity contribution in [2.45, 2.75) is 39.5 Å². The second-order valence-corrected chi connectivity index (χ2v) is 8.67. The van der Waals surface area contributed by atoms with Gasteiger partial charge in [-0.3, -0.25) is 9.59 Å². The maximum Gasteiger partial charge on any atom is 0.227 e. The molecule has 1 fully saturated rings. The Labute approximate surface area is 185 Å². The highest BCUT2D eigenvalue weighted by molar-refractivity contribution is 5.98. The number of rotatable bonds is 8. The van der Waals surface area contributed by atoms with E-state index in [0.29, 0.717) is 43.3 Å². The average Bonchev–Trinajstić information content (AvgIpc) is 2.78. The van der Waals surface area contributed by atoms with Crippen LogP contribution in [0.5, 0.6) is 11.5 Å². The Morgan fingerprint density at radius 3 is 2.26 bits per heavy atom. The summed E-state index contributed by atoms with van der Waals surface area (Å²) in [6, 6.07) is 13.5. The number of hydrogen-bond acceptors (Lipinski definition) is 4. The smallest absolute Gasteiger partial charge is 0.227 e. The van der Waals surface area contributed by atoms with E-state index in [4.69, 9.17) is 9.47 Å². The molecule has 0 unspecified atom stereocenters. The maximum absolute atomic E-state index is 12.9. The first-order valence-electron chi connectivity index (χ1n) is 11.0. The molecule has 5 heteroatoms. The molecule has 2 aromatic rings. The summed E-state index contributed by atoms with van der Waals surface area (Å²) in [6.45, 7) is 5.59. The van der Waals surface area contributed by atoms with E-state index in [1.54, 1.807) is 14.2 Å². The lowest BCUT2D eigenvalue weighted by Gasteiger charge is -2.31. The predicted molar refractivity (Wildman–Crippen MR) is 122 cm³/mol. The highest BCUT2D eigenvalue weighted by Crippen LogP contribution is 2.27. The van der Waals surface area contributed by atoms with E-state index in [1.165, 1.54) is 5.56 Å². The summed E-state index contributed by atoms with van der Waals surface area (Å²) in [6.07, 6.45) is 2.68. The van der Waals surface area contributed by atoms with Crippen LogP contribution in [0.4, 0.5) is 0 Å². The number of piperidine rings is 1. The van der Waals surface area contributed by atoms with Gasteiger partial charge in [-0.15, -0.1) is 0 Å². The Hall–Kier alpha value is -2.82. The molecule has 31 heavy (non-hydrogen) atoms. The van der Waals surface area contributed by atoms with Crippen LogP contribution in [-0.4, -0.2) is 43.9 Å². The number of nitrogens with zero attached hydrogens (tertiary/aromatic N) is 1. The van der Waals surface area contributed by atoms with Crippen molar-refractivity contribution in [2.24, 2.45) is 11.8 Å². The van der Waals surface area contributed by atoms with E-state index in [0.717, 1.165) is 17.5 Å². The molecule has 166 valence electrons. The van der Waals surface area contributed by atoms with Crippen molar-refractivity contribution in [2.75, 3.05) is 27.3 Å². The normalized spacial score (nSPS) is 14.5. The van der Waals surface area contributed by atoms with E-state index < -0.39 is 0 Å². The van der Waals surface area contributed by atoms with Crippen molar-refractivity contribution in [1.82, 2.24) is 4.90 Å². The molecule has 1 aliphatic rings. The van der Waals surface area contributed by atoms with Gasteiger partial charge in [-0.25, -0.2) is 0 Å². The molecule has 0 N–H and O–H groups in total. The van der Waals surface area contributed by atoms with Gasteiger partial charge < -0.3 is 14.4 Å². The molecule has 0 saturated carbocycles. The number of likely N-dealkylation sites (tertiary alicyclic amines) is 1. The first kappa shape index (κ1) is 22.9. The van der Waals surface area contributed by atoms with Crippen LogP contribution in [0.2, 0.25) is 0 Å². The van der Waals surface area contributed by atoms with Crippen molar-refractivity contribution in [3.63, 3.8) is 0 Å². The van der Waals surface area contributed by atoms with E-state index in [-0.39, 0.29) is 24.0 Å². The molecule has 1 saturated heterocycles. The minimum atomic E-state index is -0.0219. The number of ether oxygens (including phenoxy) is 2. The first-order valence-corrected chi connectivity index (χ1v) is 11.0. The fraction of sp³-hybridized carbons (Fsp3) is 0.462. The third-order valence-corrected chi connectivity index (χ3v) is 5.93. The van der Waals surface area contributed by atoms with Crippen LogP contribution in [0.3, 0.4) is 0 Å². The van der Waals surface area contributed by atoms with E-state index in [2.05, 4.69) is 26.0 Å². The number of carbonyl (C=O) groups is 2. The van der Waals surface area contributed by atoms with Crippen LogP contribution in [0.25, 0.3) is 0 Å². The van der Waals surface area contributed by atoms with Crippen LogP contribution in [-0.2, 0) is 17.6 Å². The molecule has 0 atom stereocenters. The molecule has 1 aliphatic heterocycles. The monoisotopic (exact) mass is 423 g/mol. The average molecular weight is 424 g/mol. The van der Waals surface area contributed by atoms with Crippen LogP contribution in [0.1, 0.15) is 48.2 Å². The minimum absolute atomic E-state index is 0.0219. The molecule has 5 nitrogen and oxygen atoms in total. The Bertz CT molecular complexity index is 896. The lowest BCUT2D eigenvalue weighted by atomic mass is 9.88. The lowest BCUT2D eigenvalue weighted by molar-refractivity contribution is -0.131. The second-order valence-electron chi connectivity index (χ2n) is 8.67. The molecular weight excluding hydrogens is 390 g/mol. The highest BCUT2D eigenvalue weighted by Gasteiger charge is 2.28. The summed E-state index contributed by atoms with van der Waals surface area (Å²) < 4.78 is 10.7. The minimum Gasteiger partial charge on any atom is -0.497 e. The van der Waals surface area contributed by atoms with E-state index in [9.17, 15) is 9.59 Å². The second kappa shape index (κ2) is 10.5. The summed E-state index contributed by atoms with van der Waals surface area (Å²) in [7, 11) is 3.20.